The van der Waals surface area contributed by atoms with Crippen molar-refractivity contribution in [2.24, 2.45) is 0 Å². The summed E-state index contributed by atoms with van der Waals surface area (Å²) >= 11 is 0. The molecule has 1 N–H and O–H groups in total. The average Bonchev–Trinajstić information content (AvgIpc) is 2.78. The summed E-state index contributed by atoms with van der Waals surface area (Å²) < 4.78 is 5.49. The molecule has 2 aromatic rings. The summed E-state index contributed by atoms with van der Waals surface area (Å²) in [6, 6.07) is 12.3. The molecule has 2 heterocycles. The first kappa shape index (κ1) is 22.3. The molecular weight excluding hydrogens is 402 g/mol. The zero-order valence-electron chi connectivity index (χ0n) is 19.3. The van der Waals surface area contributed by atoms with Crippen LogP contribution >= 0.6 is 0 Å². The van der Waals surface area contributed by atoms with E-state index >= 15 is 0 Å². The fourth-order valence-electron chi connectivity index (χ4n) is 4.68. The maximum Gasteiger partial charge on any atom is 0.410 e. The first-order chi connectivity index (χ1) is 15.3. The van der Waals surface area contributed by atoms with Crippen molar-refractivity contribution in [1.29, 1.82) is 0 Å². The third-order valence-electron chi connectivity index (χ3n) is 6.31. The van der Waals surface area contributed by atoms with Gasteiger partial charge in [-0.3, -0.25) is 9.78 Å². The Bertz CT molecular complexity index is 974. The first-order valence-electron chi connectivity index (χ1n) is 11.6. The summed E-state index contributed by atoms with van der Waals surface area (Å²) in [5.74, 6) is 0.179. The van der Waals surface area contributed by atoms with Crippen molar-refractivity contribution < 1.29 is 14.3 Å². The number of amides is 2. The second-order valence-electron chi connectivity index (χ2n) is 9.83. The number of hydrogen-bond acceptors (Lipinski definition) is 4. The Morgan fingerprint density at radius 3 is 2.59 bits per heavy atom. The van der Waals surface area contributed by atoms with Gasteiger partial charge >= 0.3 is 6.09 Å². The van der Waals surface area contributed by atoms with E-state index < -0.39 is 5.60 Å². The molecule has 1 fully saturated rings. The molecule has 6 nitrogen and oxygen atoms in total. The van der Waals surface area contributed by atoms with Crippen molar-refractivity contribution in [3.63, 3.8) is 0 Å². The van der Waals surface area contributed by atoms with Gasteiger partial charge in [0.25, 0.3) is 5.91 Å². The summed E-state index contributed by atoms with van der Waals surface area (Å²) in [5.41, 5.74) is 3.62. The van der Waals surface area contributed by atoms with Crippen LogP contribution in [0.5, 0.6) is 0 Å². The molecule has 1 atom stereocenters. The fourth-order valence-corrected chi connectivity index (χ4v) is 4.68. The molecule has 4 rings (SSSR count). The Morgan fingerprint density at radius 1 is 1.09 bits per heavy atom. The summed E-state index contributed by atoms with van der Waals surface area (Å²) in [6.45, 7) is 6.96. The third-order valence-corrected chi connectivity index (χ3v) is 6.31. The van der Waals surface area contributed by atoms with Gasteiger partial charge in [-0.1, -0.05) is 24.3 Å². The molecule has 1 saturated heterocycles. The Hall–Kier alpha value is -2.89. The summed E-state index contributed by atoms with van der Waals surface area (Å²) in [5, 5.41) is 3.19. The fraction of sp³-hybridized carbons (Fsp3) is 0.500. The molecule has 0 bridgehead atoms. The number of ether oxygens (including phenoxy) is 1. The van der Waals surface area contributed by atoms with Gasteiger partial charge in [-0.2, -0.15) is 0 Å². The van der Waals surface area contributed by atoms with Crippen molar-refractivity contribution in [2.45, 2.75) is 70.4 Å². The SMILES string of the molecule is CC(C)(C)OC(=O)N1CCC(c2ccnc(C(=O)NC3CCCc4ccccc43)c2)CC1. The molecule has 1 aliphatic heterocycles. The highest BCUT2D eigenvalue weighted by atomic mass is 16.6. The Kier molecular flexibility index (Phi) is 6.49. The zero-order valence-corrected chi connectivity index (χ0v) is 19.3. The number of hydrogen-bond donors (Lipinski definition) is 1. The molecule has 2 aliphatic rings. The van der Waals surface area contributed by atoms with Crippen LogP contribution in [0.15, 0.2) is 42.6 Å². The van der Waals surface area contributed by atoms with Crippen LogP contribution in [0.3, 0.4) is 0 Å². The Labute approximate surface area is 190 Å². The molecule has 170 valence electrons. The zero-order chi connectivity index (χ0) is 22.7. The molecule has 0 radical (unpaired) electrons. The molecule has 1 aromatic heterocycles. The van der Waals surface area contributed by atoms with Gasteiger partial charge in [-0.15, -0.1) is 0 Å². The lowest BCUT2D eigenvalue weighted by Gasteiger charge is -2.33. The van der Waals surface area contributed by atoms with Crippen LogP contribution in [-0.4, -0.2) is 40.6 Å². The second kappa shape index (κ2) is 9.31. The number of likely N-dealkylation sites (tertiary alicyclic amines) is 1. The molecule has 0 saturated carbocycles. The van der Waals surface area contributed by atoms with E-state index in [1.165, 1.54) is 11.1 Å². The number of pyridine rings is 1. The van der Waals surface area contributed by atoms with Gasteiger partial charge in [0.05, 0.1) is 6.04 Å². The molecule has 6 heteroatoms. The largest absolute Gasteiger partial charge is 0.444 e. The van der Waals surface area contributed by atoms with Gasteiger partial charge in [0.15, 0.2) is 0 Å². The van der Waals surface area contributed by atoms with E-state index in [0.717, 1.165) is 37.7 Å². The predicted octanol–water partition coefficient (Wildman–Crippen LogP) is 5.00. The van der Waals surface area contributed by atoms with Gasteiger partial charge in [0.1, 0.15) is 11.3 Å². The number of rotatable bonds is 3. The summed E-state index contributed by atoms with van der Waals surface area (Å²) in [6.07, 6.45) is 6.26. The lowest BCUT2D eigenvalue weighted by atomic mass is 9.87. The number of aryl methyl sites for hydroxylation is 1. The van der Waals surface area contributed by atoms with Crippen molar-refractivity contribution in [3.05, 3.63) is 65.0 Å². The van der Waals surface area contributed by atoms with E-state index in [-0.39, 0.29) is 18.0 Å². The molecular formula is C26H33N3O3. The summed E-state index contributed by atoms with van der Waals surface area (Å²) in [7, 11) is 0. The van der Waals surface area contributed by atoms with Gasteiger partial charge in [0, 0.05) is 19.3 Å². The van der Waals surface area contributed by atoms with Crippen LogP contribution in [-0.2, 0) is 11.2 Å². The van der Waals surface area contributed by atoms with E-state index in [4.69, 9.17) is 4.74 Å². The molecule has 2 amide bonds. The smallest absolute Gasteiger partial charge is 0.410 e. The van der Waals surface area contributed by atoms with Gasteiger partial charge in [-0.05, 0) is 87.6 Å². The molecule has 0 spiro atoms. The minimum atomic E-state index is -0.486. The topological polar surface area (TPSA) is 71.5 Å². The van der Waals surface area contributed by atoms with Crippen molar-refractivity contribution in [3.8, 4) is 0 Å². The molecule has 1 aromatic carbocycles. The summed E-state index contributed by atoms with van der Waals surface area (Å²) in [4.78, 5) is 31.4. The molecule has 1 unspecified atom stereocenters. The highest BCUT2D eigenvalue weighted by Crippen LogP contribution is 2.31. The number of piperidine rings is 1. The minimum Gasteiger partial charge on any atom is -0.444 e. The predicted molar refractivity (Wildman–Crippen MR) is 124 cm³/mol. The third kappa shape index (κ3) is 5.29. The van der Waals surface area contributed by atoms with Crippen LogP contribution in [0.25, 0.3) is 0 Å². The van der Waals surface area contributed by atoms with Crippen LogP contribution in [0, 0.1) is 0 Å². The standard InChI is InChI=1S/C26H33N3O3/c1-26(2,3)32-25(31)29-15-12-18(13-16-29)20-11-14-27-23(17-20)24(30)28-22-10-6-8-19-7-4-5-9-21(19)22/h4-5,7,9,11,14,17-18,22H,6,8,10,12-13,15-16H2,1-3H3,(H,28,30). The molecule has 1 aliphatic carbocycles. The number of carbonyl (C=O) groups is 2. The van der Waals surface area contributed by atoms with Crippen molar-refractivity contribution >= 4 is 12.0 Å². The highest BCUT2D eigenvalue weighted by Gasteiger charge is 2.28. The lowest BCUT2D eigenvalue weighted by Crippen LogP contribution is -2.41. The normalized spacial score (nSPS) is 19.2. The molecule has 32 heavy (non-hydrogen) atoms. The van der Waals surface area contributed by atoms with Crippen LogP contribution in [0.1, 0.15) is 85.6 Å². The Morgan fingerprint density at radius 2 is 1.84 bits per heavy atom. The van der Waals surface area contributed by atoms with Crippen LogP contribution in [0.2, 0.25) is 0 Å². The number of aromatic nitrogens is 1. The van der Waals surface area contributed by atoms with Gasteiger partial charge in [0.2, 0.25) is 0 Å². The highest BCUT2D eigenvalue weighted by molar-refractivity contribution is 5.92. The first-order valence-corrected chi connectivity index (χ1v) is 11.6. The van der Waals surface area contributed by atoms with Crippen LogP contribution < -0.4 is 5.32 Å². The monoisotopic (exact) mass is 435 g/mol. The van der Waals surface area contributed by atoms with E-state index in [2.05, 4.69) is 28.5 Å². The maximum absolute atomic E-state index is 13.0. The van der Waals surface area contributed by atoms with E-state index in [9.17, 15) is 9.59 Å². The average molecular weight is 436 g/mol. The van der Waals surface area contributed by atoms with Crippen molar-refractivity contribution in [2.75, 3.05) is 13.1 Å². The second-order valence-corrected chi connectivity index (χ2v) is 9.83. The number of carbonyl (C=O) groups excluding carboxylic acids is 2. The van der Waals surface area contributed by atoms with Crippen LogP contribution in [0.4, 0.5) is 4.79 Å². The van der Waals surface area contributed by atoms with E-state index in [1.54, 1.807) is 11.1 Å². The number of fused-ring (bicyclic) bond motifs is 1. The van der Waals surface area contributed by atoms with E-state index in [1.807, 2.05) is 39.0 Å². The number of benzene rings is 1. The van der Waals surface area contributed by atoms with Gasteiger partial charge in [-0.25, -0.2) is 4.79 Å². The Balaban J connectivity index is 1.38. The number of nitrogens with zero attached hydrogens (tertiary/aromatic N) is 2. The minimum absolute atomic E-state index is 0.0370. The van der Waals surface area contributed by atoms with E-state index in [0.29, 0.717) is 24.7 Å². The lowest BCUT2D eigenvalue weighted by molar-refractivity contribution is 0.0205. The van der Waals surface area contributed by atoms with Gasteiger partial charge < -0.3 is 15.0 Å². The number of nitrogens with one attached hydrogen (secondary N) is 1. The maximum atomic E-state index is 13.0. The quantitative estimate of drug-likeness (QED) is 0.736. The van der Waals surface area contributed by atoms with Crippen molar-refractivity contribution in [1.82, 2.24) is 15.2 Å².